The van der Waals surface area contributed by atoms with E-state index >= 15 is 0 Å². The monoisotopic (exact) mass is 559 g/mol. The van der Waals surface area contributed by atoms with Gasteiger partial charge < -0.3 is 34.6 Å². The molecule has 2 rings (SSSR count). The summed E-state index contributed by atoms with van der Waals surface area (Å²) in [6.45, 7) is 8.43. The van der Waals surface area contributed by atoms with Gasteiger partial charge in [-0.05, 0) is 38.5 Å². The standard InChI is InChI=1S/C24H36N2O11P/c1-23(2,3)35-22(31)26-17(21(29)30)13-15-7-9-16(10-8-15)36-38(32)34-14-24(4,5)19(37-38)20(28)25-12-11-18(27)33-6/h7-10,17,19,32H,11-14H2,1-6H3,(H,25,28)(H,26,31)(H,29,30)/t17?,19-/m0/s1. The van der Waals surface area contributed by atoms with E-state index in [0.717, 1.165) is 0 Å². The molecular formula is C24H36N2O11P. The quantitative estimate of drug-likeness (QED) is 0.244. The summed E-state index contributed by atoms with van der Waals surface area (Å²) >= 11 is 0. The first kappa shape index (κ1) is 31.2. The molecule has 1 aromatic rings. The smallest absolute Gasteiger partial charge is 0.434 e. The molecular weight excluding hydrogens is 523 g/mol. The van der Waals surface area contributed by atoms with E-state index in [0.29, 0.717) is 5.56 Å². The number of amides is 2. The Bertz CT molecular complexity index is 1010. The van der Waals surface area contributed by atoms with Crippen molar-refractivity contribution in [3.63, 3.8) is 0 Å². The Morgan fingerprint density at radius 2 is 1.82 bits per heavy atom. The van der Waals surface area contributed by atoms with Gasteiger partial charge in [0, 0.05) is 18.4 Å². The molecule has 38 heavy (non-hydrogen) atoms. The highest BCUT2D eigenvalue weighted by Crippen LogP contribution is 2.63. The molecule has 3 atom stereocenters. The molecule has 1 fully saturated rings. The van der Waals surface area contributed by atoms with Crippen LogP contribution in [0.4, 0.5) is 4.79 Å². The predicted octanol–water partition coefficient (Wildman–Crippen LogP) is 2.38. The third-order valence-electron chi connectivity index (χ3n) is 5.22. The van der Waals surface area contributed by atoms with Gasteiger partial charge in [0.05, 0.1) is 20.1 Å². The fourth-order valence-electron chi connectivity index (χ4n) is 3.27. The van der Waals surface area contributed by atoms with Crippen molar-refractivity contribution in [2.75, 3.05) is 20.3 Å². The summed E-state index contributed by atoms with van der Waals surface area (Å²) in [4.78, 5) is 58.4. The molecule has 1 radical (unpaired) electrons. The van der Waals surface area contributed by atoms with E-state index in [1.54, 1.807) is 46.8 Å². The fraction of sp³-hybridized carbons (Fsp3) is 0.583. The van der Waals surface area contributed by atoms with Gasteiger partial charge in [-0.2, -0.15) is 0 Å². The summed E-state index contributed by atoms with van der Waals surface area (Å²) in [5.74, 6) is -2.11. The molecule has 14 heteroatoms. The average molecular weight is 560 g/mol. The highest BCUT2D eigenvalue weighted by atomic mass is 31.2. The second-order valence-electron chi connectivity index (χ2n) is 10.3. The zero-order valence-electron chi connectivity index (χ0n) is 22.3. The van der Waals surface area contributed by atoms with E-state index in [9.17, 15) is 29.2 Å². The van der Waals surface area contributed by atoms with Gasteiger partial charge in [0.2, 0.25) is 5.91 Å². The third kappa shape index (κ3) is 9.71. The summed E-state index contributed by atoms with van der Waals surface area (Å²) in [6, 6.07) is 4.81. The average Bonchev–Trinajstić information content (AvgIpc) is 2.80. The Kier molecular flexibility index (Phi) is 10.4. The van der Waals surface area contributed by atoms with Crippen molar-refractivity contribution in [1.82, 2.24) is 10.6 Å². The Balaban J connectivity index is 2.02. The van der Waals surface area contributed by atoms with Crippen LogP contribution < -0.4 is 15.2 Å². The van der Waals surface area contributed by atoms with Crippen LogP contribution in [0, 0.1) is 5.41 Å². The van der Waals surface area contributed by atoms with Crippen LogP contribution in [0.5, 0.6) is 5.75 Å². The maximum absolute atomic E-state index is 12.7. The number of hydrogen-bond donors (Lipinski definition) is 4. The van der Waals surface area contributed by atoms with Gasteiger partial charge in [-0.25, -0.2) is 9.59 Å². The van der Waals surface area contributed by atoms with Gasteiger partial charge in [0.1, 0.15) is 17.4 Å². The third-order valence-corrected chi connectivity index (χ3v) is 6.59. The topological polar surface area (TPSA) is 179 Å². The van der Waals surface area contributed by atoms with Crippen LogP contribution in [0.1, 0.15) is 46.6 Å². The minimum Gasteiger partial charge on any atom is -0.480 e. The molecule has 2 amide bonds. The van der Waals surface area contributed by atoms with E-state index in [4.69, 9.17) is 18.3 Å². The summed E-state index contributed by atoms with van der Waals surface area (Å²) in [7, 11) is -2.70. The second kappa shape index (κ2) is 12.7. The van der Waals surface area contributed by atoms with Gasteiger partial charge >= 0.3 is 26.2 Å². The molecule has 1 unspecified atom stereocenters. The van der Waals surface area contributed by atoms with Crippen LogP contribution in [-0.2, 0) is 39.3 Å². The number of esters is 1. The van der Waals surface area contributed by atoms with E-state index < -0.39 is 55.3 Å². The molecule has 0 bridgehead atoms. The highest BCUT2D eigenvalue weighted by Gasteiger charge is 2.51. The molecule has 1 heterocycles. The van der Waals surface area contributed by atoms with Crippen LogP contribution >= 0.6 is 8.17 Å². The number of benzene rings is 1. The van der Waals surface area contributed by atoms with Crippen LogP contribution in [0.15, 0.2) is 24.3 Å². The van der Waals surface area contributed by atoms with Gasteiger partial charge in [0.15, 0.2) is 6.10 Å². The van der Waals surface area contributed by atoms with E-state index in [1.165, 1.54) is 19.2 Å². The zero-order valence-corrected chi connectivity index (χ0v) is 23.2. The number of ether oxygens (including phenoxy) is 2. The second-order valence-corrected chi connectivity index (χ2v) is 11.9. The molecule has 0 aliphatic carbocycles. The van der Waals surface area contributed by atoms with Crippen LogP contribution in [0.2, 0.25) is 0 Å². The van der Waals surface area contributed by atoms with Gasteiger partial charge in [0.25, 0.3) is 0 Å². The molecule has 0 aromatic heterocycles. The van der Waals surface area contributed by atoms with Crippen molar-refractivity contribution < 1.29 is 52.2 Å². The molecule has 13 nitrogen and oxygen atoms in total. The molecule has 1 aliphatic heterocycles. The molecule has 4 N–H and O–H groups in total. The lowest BCUT2D eigenvalue weighted by molar-refractivity contribution is -0.143. The molecule has 1 aliphatic rings. The molecule has 1 aromatic carbocycles. The van der Waals surface area contributed by atoms with Gasteiger partial charge in [-0.1, -0.05) is 26.0 Å². The molecule has 1 saturated heterocycles. The normalized spacial score (nSPS) is 21.5. The van der Waals surface area contributed by atoms with Crippen molar-refractivity contribution in [1.29, 1.82) is 0 Å². The van der Waals surface area contributed by atoms with Crippen molar-refractivity contribution in [2.45, 2.75) is 65.2 Å². The summed E-state index contributed by atoms with van der Waals surface area (Å²) in [5, 5.41) is 14.4. The maximum atomic E-state index is 12.7. The van der Waals surface area contributed by atoms with Crippen LogP contribution in [0.25, 0.3) is 0 Å². The summed E-state index contributed by atoms with van der Waals surface area (Å²) in [5.41, 5.74) is -1.03. The highest BCUT2D eigenvalue weighted by molar-refractivity contribution is 7.56. The number of hydrogen-bond acceptors (Lipinski definition) is 10. The first-order valence-corrected chi connectivity index (χ1v) is 13.3. The number of carboxylic acid groups (broad SMARTS) is 1. The van der Waals surface area contributed by atoms with Gasteiger partial charge in [-0.15, -0.1) is 0 Å². The van der Waals surface area contributed by atoms with E-state index in [-0.39, 0.29) is 31.7 Å². The Morgan fingerprint density at radius 1 is 1.18 bits per heavy atom. The molecule has 213 valence electrons. The SMILES string of the molecule is COC(=O)CCNC(=O)[C@@H]1O[P@](O)(Oc2ccc(CC(NC(=O)OC(C)(C)C)C(=O)O)cc2)OCC1(C)C. The lowest BCUT2D eigenvalue weighted by atomic mass is 9.87. The van der Waals surface area contributed by atoms with E-state index in [2.05, 4.69) is 15.4 Å². The number of methoxy groups -OCH3 is 1. The largest absolute Gasteiger partial charge is 0.480 e. The maximum Gasteiger partial charge on any atom is 0.434 e. The van der Waals surface area contributed by atoms with Crippen molar-refractivity contribution in [3.8, 4) is 5.75 Å². The Morgan fingerprint density at radius 3 is 2.37 bits per heavy atom. The van der Waals surface area contributed by atoms with Crippen molar-refractivity contribution in [2.24, 2.45) is 5.41 Å². The number of carbonyl (C=O) groups excluding carboxylic acids is 3. The number of rotatable bonds is 10. The van der Waals surface area contributed by atoms with Crippen molar-refractivity contribution in [3.05, 3.63) is 29.8 Å². The summed E-state index contributed by atoms with van der Waals surface area (Å²) in [6.07, 6.45) is -2.04. The number of aliphatic carboxylic acids is 1. The van der Waals surface area contributed by atoms with Gasteiger partial charge in [-0.3, -0.25) is 18.6 Å². The minimum atomic E-state index is -3.95. The lowest BCUT2D eigenvalue weighted by Crippen LogP contribution is -2.51. The number of alkyl carbamates (subject to hydrolysis) is 1. The van der Waals surface area contributed by atoms with E-state index in [1.807, 2.05) is 0 Å². The number of nitrogens with one attached hydrogen (secondary N) is 2. The molecule has 0 saturated carbocycles. The fourth-order valence-corrected chi connectivity index (χ4v) is 4.96. The first-order chi connectivity index (χ1) is 17.5. The summed E-state index contributed by atoms with van der Waals surface area (Å²) < 4.78 is 26.3. The van der Waals surface area contributed by atoms with Crippen LogP contribution in [-0.4, -0.2) is 71.9 Å². The minimum absolute atomic E-state index is 0.0236. The predicted molar refractivity (Wildman–Crippen MR) is 135 cm³/mol. The first-order valence-electron chi connectivity index (χ1n) is 11.8. The Hall–Kier alpha value is -2.99. The lowest BCUT2D eigenvalue weighted by Gasteiger charge is -2.43. The number of carbonyl (C=O) groups is 4. The molecule has 0 spiro atoms. The Labute approximate surface area is 221 Å². The van der Waals surface area contributed by atoms with Crippen molar-refractivity contribution >= 4 is 32.1 Å². The number of carboxylic acids is 1. The van der Waals surface area contributed by atoms with Crippen LogP contribution in [0.3, 0.4) is 0 Å². The zero-order chi connectivity index (χ0) is 28.7.